The number of allylic oxidation sites excluding steroid dienone is 2. The summed E-state index contributed by atoms with van der Waals surface area (Å²) in [6.07, 6.45) is 33.6. The van der Waals surface area contributed by atoms with E-state index in [2.05, 4.69) is 125 Å². The topological polar surface area (TPSA) is 0 Å². The molecule has 0 nitrogen and oxygen atoms in total. The van der Waals surface area contributed by atoms with E-state index in [1.165, 1.54) is 171 Å². The van der Waals surface area contributed by atoms with Crippen LogP contribution in [0.5, 0.6) is 0 Å². The normalized spacial score (nSPS) is 21.0. The number of hydrogen-bond donors (Lipinski definition) is 0. The van der Waals surface area contributed by atoms with Crippen LogP contribution in [-0.2, 0) is 48.6 Å². The molecule has 4 aromatic carbocycles. The van der Waals surface area contributed by atoms with Gasteiger partial charge in [-0.2, -0.15) is 0 Å². The van der Waals surface area contributed by atoms with Crippen molar-refractivity contribution in [3.8, 4) is 22.3 Å². The third kappa shape index (κ3) is 12.5. The van der Waals surface area contributed by atoms with Crippen LogP contribution in [0.1, 0.15) is 197 Å². The number of rotatable bonds is 18. The molecule has 0 saturated heterocycles. The average molecular weight is 1150 g/mol. The summed E-state index contributed by atoms with van der Waals surface area (Å²) in [5.41, 5.74) is 17.3. The second kappa shape index (κ2) is 24.0. The Morgan fingerprint density at radius 3 is 1.18 bits per heavy atom. The van der Waals surface area contributed by atoms with Gasteiger partial charge in [-0.05, 0) is 0 Å². The predicted molar refractivity (Wildman–Crippen MR) is 294 cm³/mol. The third-order valence-electron chi connectivity index (χ3n) is 17.1. The van der Waals surface area contributed by atoms with E-state index in [9.17, 15) is 0 Å². The van der Waals surface area contributed by atoms with Gasteiger partial charge in [-0.1, -0.05) is 0 Å². The van der Waals surface area contributed by atoms with E-state index in [4.69, 9.17) is 34.1 Å². The summed E-state index contributed by atoms with van der Waals surface area (Å²) >= 11 is -7.82. The zero-order chi connectivity index (χ0) is 47.1. The first-order valence-electron chi connectivity index (χ1n) is 27.1. The van der Waals surface area contributed by atoms with Gasteiger partial charge in [-0.3, -0.25) is 0 Å². The Bertz CT molecular complexity index is 2150. The fourth-order valence-electron chi connectivity index (χ4n) is 13.7. The van der Waals surface area contributed by atoms with E-state index in [1.54, 1.807) is 11.1 Å². The quantitative estimate of drug-likeness (QED) is 0.0871. The van der Waals surface area contributed by atoms with E-state index in [-0.39, 0.29) is 7.25 Å². The molecule has 67 heavy (non-hydrogen) atoms. The van der Waals surface area contributed by atoms with Crippen LogP contribution in [0.3, 0.4) is 0 Å². The number of fused-ring (bicyclic) bond motifs is 2. The van der Waals surface area contributed by atoms with Gasteiger partial charge in [0, 0.05) is 0 Å². The van der Waals surface area contributed by atoms with Gasteiger partial charge in [0.25, 0.3) is 0 Å². The molecule has 2 atom stereocenters. The zero-order valence-corrected chi connectivity index (χ0v) is 50.9. The third-order valence-corrected chi connectivity index (χ3v) is 60.2. The molecule has 0 aliphatic heterocycles. The minimum atomic E-state index is -3.91. The molecule has 360 valence electrons. The van der Waals surface area contributed by atoms with Gasteiger partial charge in [-0.15, -0.1) is 0 Å². The van der Waals surface area contributed by atoms with Crippen LogP contribution in [-0.4, -0.2) is 9.52 Å². The van der Waals surface area contributed by atoms with Crippen LogP contribution in [0.25, 0.3) is 34.4 Å². The zero-order valence-electron chi connectivity index (χ0n) is 41.6. The summed E-state index contributed by atoms with van der Waals surface area (Å²) in [7, 11) is 32.1. The Hall–Kier alpha value is -0.497. The maximum atomic E-state index is 8.22. The molecule has 0 heterocycles. The van der Waals surface area contributed by atoms with E-state index in [0.717, 1.165) is 33.2 Å². The number of halogens is 4. The van der Waals surface area contributed by atoms with Crippen LogP contribution >= 0.6 is 34.1 Å². The number of hydrogen-bond acceptors (Lipinski definition) is 0. The molecule has 8 rings (SSSR count). The molecule has 4 aromatic rings. The van der Waals surface area contributed by atoms with Crippen LogP contribution in [0.2, 0.25) is 7.50 Å². The number of aryl methyl sites for hydroxylation is 2. The van der Waals surface area contributed by atoms with Crippen molar-refractivity contribution in [1.29, 1.82) is 0 Å². The summed E-state index contributed by atoms with van der Waals surface area (Å²) in [4.78, 5) is 0. The molecular weight excluding hydrogens is 1070 g/mol. The Morgan fingerprint density at radius 2 is 0.836 bits per heavy atom. The monoisotopic (exact) mass is 1150 g/mol. The molecule has 0 amide bonds. The standard InChI is InChI=1S/2C29H37.C2H6Si.4ClH.2Zr/c2*1-3-17-29(18-8-6-5-7-9-19-29)22-24-20-26-11-10-12-27(28(26)21-24)25-15-13-23(4-2)14-16-25;1-3-2;;;;;;/h2*10-16,20-21H,3-9,17-19,22H2,1-2H3;1-3H2;4*1H;;/q;;;;;;;2*+2/p-4. The first kappa shape index (κ1) is 52.8. The van der Waals surface area contributed by atoms with Gasteiger partial charge >= 0.3 is 438 Å². The van der Waals surface area contributed by atoms with Crippen molar-refractivity contribution in [2.75, 3.05) is 0 Å². The summed E-state index contributed by atoms with van der Waals surface area (Å²) < 4.78 is 2.36. The van der Waals surface area contributed by atoms with Gasteiger partial charge in [0.2, 0.25) is 0 Å². The van der Waals surface area contributed by atoms with Crippen molar-refractivity contribution in [3.63, 3.8) is 0 Å². The molecule has 0 N–H and O–H groups in total. The van der Waals surface area contributed by atoms with Crippen molar-refractivity contribution in [1.82, 2.24) is 0 Å². The van der Waals surface area contributed by atoms with Gasteiger partial charge < -0.3 is 0 Å². The second-order valence-electron chi connectivity index (χ2n) is 21.8. The Labute approximate surface area is 433 Å². The van der Waals surface area contributed by atoms with E-state index in [0.29, 0.717) is 10.8 Å². The van der Waals surface area contributed by atoms with Gasteiger partial charge in [0.05, 0.1) is 0 Å². The average Bonchev–Trinajstić information content (AvgIpc) is 3.88. The molecule has 2 saturated carbocycles. The molecular formula is C60H80Cl4SiZr2. The molecule has 0 bridgehead atoms. The van der Waals surface area contributed by atoms with E-state index in [1.807, 2.05) is 0 Å². The van der Waals surface area contributed by atoms with Crippen LogP contribution in [0.15, 0.2) is 96.1 Å². The number of benzene rings is 4. The van der Waals surface area contributed by atoms with Gasteiger partial charge in [-0.25, -0.2) is 0 Å². The van der Waals surface area contributed by atoms with Crippen molar-refractivity contribution < 1.29 is 35.8 Å². The Morgan fingerprint density at radius 1 is 0.478 bits per heavy atom. The van der Waals surface area contributed by atoms with Gasteiger partial charge in [0.15, 0.2) is 0 Å². The maximum absolute atomic E-state index is 8.22. The van der Waals surface area contributed by atoms with Gasteiger partial charge in [0.1, 0.15) is 0 Å². The Kier molecular flexibility index (Phi) is 18.9. The summed E-state index contributed by atoms with van der Waals surface area (Å²) in [5.74, 6) is 0. The second-order valence-corrected chi connectivity index (χ2v) is 59.4. The van der Waals surface area contributed by atoms with Crippen molar-refractivity contribution in [2.24, 2.45) is 10.8 Å². The molecule has 0 aromatic heterocycles. The van der Waals surface area contributed by atoms with Crippen molar-refractivity contribution in [2.45, 2.75) is 184 Å². The fourth-order valence-corrected chi connectivity index (χ4v) is 58.3. The minimum absolute atomic E-state index is 0.168. The first-order chi connectivity index (χ1) is 32.4. The first-order valence-corrected chi connectivity index (χ1v) is 48.0. The van der Waals surface area contributed by atoms with Crippen molar-refractivity contribution >= 4 is 55.7 Å². The van der Waals surface area contributed by atoms with Crippen molar-refractivity contribution in [3.05, 3.63) is 129 Å². The molecule has 4 aliphatic rings. The SMILES string of the molecule is CCCC1(CC2=Cc3c(-c4ccc(CC)cc4)cccc3[CH]2[Zr]([Cl])([Cl])[CH2][SiH2][CH2][Zr]([Cl])([Cl])[CH]2C(CC3(CCC)CCCCCCC3)=Cc3c(-c4ccc(CC)cc4)cccc32)CCCCCCC1. The van der Waals surface area contributed by atoms with Crippen LogP contribution < -0.4 is 0 Å². The summed E-state index contributed by atoms with van der Waals surface area (Å²) in [5, 5.41) is 0. The summed E-state index contributed by atoms with van der Waals surface area (Å²) in [6.45, 7) is 9.28. The van der Waals surface area contributed by atoms with E-state index < -0.39 is 45.3 Å². The fraction of sp³-hybridized carbons (Fsp3) is 0.533. The Balaban J connectivity index is 1.11. The molecule has 0 spiro atoms. The molecule has 0 radical (unpaired) electrons. The molecule has 2 fully saturated rings. The van der Waals surface area contributed by atoms with Crippen LogP contribution in [0.4, 0.5) is 0 Å². The predicted octanol–water partition coefficient (Wildman–Crippen LogP) is 20.4. The molecule has 2 unspecified atom stereocenters. The van der Waals surface area contributed by atoms with Crippen LogP contribution in [0, 0.1) is 10.8 Å². The summed E-state index contributed by atoms with van der Waals surface area (Å²) in [6, 6.07) is 32.6. The molecule has 4 aliphatic carbocycles. The molecule has 7 heteroatoms. The van der Waals surface area contributed by atoms with E-state index >= 15 is 0 Å².